The van der Waals surface area contributed by atoms with Gasteiger partial charge in [0.15, 0.2) is 11.0 Å². The van der Waals surface area contributed by atoms with E-state index in [0.717, 1.165) is 36.4 Å². The fraction of sp³-hybridized carbons (Fsp3) is 0.364. The summed E-state index contributed by atoms with van der Waals surface area (Å²) in [7, 11) is 1.64. The van der Waals surface area contributed by atoms with Crippen molar-refractivity contribution in [3.8, 4) is 22.8 Å². The van der Waals surface area contributed by atoms with Gasteiger partial charge in [0, 0.05) is 36.6 Å². The molecule has 1 atom stereocenters. The van der Waals surface area contributed by atoms with Crippen LogP contribution >= 0.6 is 11.8 Å². The summed E-state index contributed by atoms with van der Waals surface area (Å²) in [6.07, 6.45) is 6.82. The van der Waals surface area contributed by atoms with Crippen LogP contribution in [-0.4, -0.2) is 56.0 Å². The van der Waals surface area contributed by atoms with Gasteiger partial charge in [0.05, 0.1) is 18.6 Å². The highest BCUT2D eigenvalue weighted by Crippen LogP contribution is 2.29. The summed E-state index contributed by atoms with van der Waals surface area (Å²) in [5.41, 5.74) is 1.73. The van der Waals surface area contributed by atoms with Crippen LogP contribution in [0.4, 0.5) is 0 Å². The van der Waals surface area contributed by atoms with Crippen LogP contribution in [-0.2, 0) is 4.79 Å². The van der Waals surface area contributed by atoms with Gasteiger partial charge in [-0.15, -0.1) is 10.2 Å². The highest BCUT2D eigenvalue weighted by molar-refractivity contribution is 7.99. The lowest BCUT2D eigenvalue weighted by Crippen LogP contribution is -2.42. The Balaban J connectivity index is 1.64. The molecule has 1 aliphatic heterocycles. The van der Waals surface area contributed by atoms with Crippen LogP contribution in [0.25, 0.3) is 17.1 Å². The summed E-state index contributed by atoms with van der Waals surface area (Å²) in [6, 6.07) is 11.8. The van der Waals surface area contributed by atoms with E-state index in [1.165, 1.54) is 18.2 Å². The molecule has 1 fully saturated rings. The second-order valence-corrected chi connectivity index (χ2v) is 8.25. The molecular formula is C22H25N5O2S. The molecule has 0 bridgehead atoms. The summed E-state index contributed by atoms with van der Waals surface area (Å²) in [5.74, 6) is 1.90. The number of rotatable bonds is 6. The number of ether oxygens (including phenoxy) is 1. The molecule has 0 unspecified atom stereocenters. The van der Waals surface area contributed by atoms with E-state index in [-0.39, 0.29) is 5.91 Å². The molecule has 1 amide bonds. The first-order valence-corrected chi connectivity index (χ1v) is 11.1. The van der Waals surface area contributed by atoms with Crippen LogP contribution in [0.2, 0.25) is 0 Å². The maximum atomic E-state index is 12.8. The summed E-state index contributed by atoms with van der Waals surface area (Å²) in [6.45, 7) is 2.96. The van der Waals surface area contributed by atoms with Crippen molar-refractivity contribution in [2.45, 2.75) is 37.4 Å². The predicted molar refractivity (Wildman–Crippen MR) is 117 cm³/mol. The van der Waals surface area contributed by atoms with Crippen molar-refractivity contribution in [2.24, 2.45) is 0 Å². The lowest BCUT2D eigenvalue weighted by molar-refractivity contribution is -0.131. The maximum absolute atomic E-state index is 12.8. The zero-order valence-corrected chi connectivity index (χ0v) is 18.0. The molecule has 0 radical (unpaired) electrons. The summed E-state index contributed by atoms with van der Waals surface area (Å²) < 4.78 is 7.35. The Morgan fingerprint density at radius 1 is 1.23 bits per heavy atom. The molecule has 3 heterocycles. The lowest BCUT2D eigenvalue weighted by atomic mass is 10.0. The van der Waals surface area contributed by atoms with E-state index in [0.29, 0.717) is 22.8 Å². The Morgan fingerprint density at radius 2 is 2.13 bits per heavy atom. The zero-order valence-electron chi connectivity index (χ0n) is 17.2. The van der Waals surface area contributed by atoms with Gasteiger partial charge in [-0.2, -0.15) is 0 Å². The number of hydrogen-bond acceptors (Lipinski definition) is 6. The highest BCUT2D eigenvalue weighted by Gasteiger charge is 2.24. The van der Waals surface area contributed by atoms with Crippen molar-refractivity contribution in [1.29, 1.82) is 0 Å². The van der Waals surface area contributed by atoms with Crippen LogP contribution in [0, 0.1) is 0 Å². The molecule has 2 aromatic heterocycles. The Bertz CT molecular complexity index is 1010. The van der Waals surface area contributed by atoms with Crippen LogP contribution < -0.4 is 4.74 Å². The molecule has 3 aromatic rings. The smallest absolute Gasteiger partial charge is 0.233 e. The summed E-state index contributed by atoms with van der Waals surface area (Å²) in [5, 5.41) is 9.47. The minimum absolute atomic E-state index is 0.148. The SMILES string of the molecule is COc1cccc(-n2c(SCC(=O)N3CCCC[C@H]3C)nnc2-c2cccnc2)c1. The number of pyridine rings is 1. The van der Waals surface area contributed by atoms with E-state index in [1.54, 1.807) is 19.5 Å². The number of benzene rings is 1. The molecule has 1 aliphatic rings. The van der Waals surface area contributed by atoms with Crippen molar-refractivity contribution >= 4 is 17.7 Å². The van der Waals surface area contributed by atoms with Crippen LogP contribution in [0.15, 0.2) is 53.9 Å². The molecule has 7 nitrogen and oxygen atoms in total. The summed E-state index contributed by atoms with van der Waals surface area (Å²) >= 11 is 1.41. The highest BCUT2D eigenvalue weighted by atomic mass is 32.2. The third kappa shape index (κ3) is 4.33. The monoisotopic (exact) mass is 423 g/mol. The molecule has 8 heteroatoms. The number of hydrogen-bond donors (Lipinski definition) is 0. The zero-order chi connectivity index (χ0) is 20.9. The van der Waals surface area contributed by atoms with Gasteiger partial charge in [-0.3, -0.25) is 14.3 Å². The van der Waals surface area contributed by atoms with Crippen LogP contribution in [0.3, 0.4) is 0 Å². The maximum Gasteiger partial charge on any atom is 0.233 e. The van der Waals surface area contributed by atoms with Crippen LogP contribution in [0.1, 0.15) is 26.2 Å². The molecule has 0 N–H and O–H groups in total. The van der Waals surface area contributed by atoms with Gasteiger partial charge in [-0.05, 0) is 50.5 Å². The minimum Gasteiger partial charge on any atom is -0.497 e. The molecule has 0 spiro atoms. The largest absolute Gasteiger partial charge is 0.497 e. The number of likely N-dealkylation sites (tertiary alicyclic amines) is 1. The predicted octanol–water partition coefficient (Wildman–Crippen LogP) is 3.83. The lowest BCUT2D eigenvalue weighted by Gasteiger charge is -2.33. The van der Waals surface area contributed by atoms with Crippen LogP contribution in [0.5, 0.6) is 5.75 Å². The van der Waals surface area contributed by atoms with Gasteiger partial charge in [-0.25, -0.2) is 0 Å². The normalized spacial score (nSPS) is 16.5. The first-order chi connectivity index (χ1) is 14.7. The second kappa shape index (κ2) is 9.30. The van der Waals surface area contributed by atoms with Gasteiger partial charge < -0.3 is 9.64 Å². The first kappa shape index (κ1) is 20.4. The fourth-order valence-electron chi connectivity index (χ4n) is 3.71. The van der Waals surface area contributed by atoms with E-state index < -0.39 is 0 Å². The van der Waals surface area contributed by atoms with Gasteiger partial charge in [0.2, 0.25) is 5.91 Å². The molecule has 30 heavy (non-hydrogen) atoms. The molecule has 0 aliphatic carbocycles. The number of aromatic nitrogens is 4. The molecular weight excluding hydrogens is 398 g/mol. The number of piperidine rings is 1. The number of carbonyl (C=O) groups is 1. The number of nitrogens with zero attached hydrogens (tertiary/aromatic N) is 5. The van der Waals surface area contributed by atoms with E-state index in [4.69, 9.17) is 4.74 Å². The van der Waals surface area contributed by atoms with Gasteiger partial charge >= 0.3 is 0 Å². The van der Waals surface area contributed by atoms with Gasteiger partial charge in [-0.1, -0.05) is 17.8 Å². The van der Waals surface area contributed by atoms with Crippen molar-refractivity contribution in [3.05, 3.63) is 48.8 Å². The number of amides is 1. The Labute approximate surface area is 180 Å². The number of thioether (sulfide) groups is 1. The average Bonchev–Trinajstić information content (AvgIpc) is 3.22. The van der Waals surface area contributed by atoms with Gasteiger partial charge in [0.25, 0.3) is 0 Å². The van der Waals surface area contributed by atoms with E-state index in [1.807, 2.05) is 45.9 Å². The quantitative estimate of drug-likeness (QED) is 0.561. The fourth-order valence-corrected chi connectivity index (χ4v) is 4.54. The summed E-state index contributed by atoms with van der Waals surface area (Å²) in [4.78, 5) is 19.0. The Morgan fingerprint density at radius 3 is 2.90 bits per heavy atom. The Hall–Kier alpha value is -2.87. The topological polar surface area (TPSA) is 73.1 Å². The van der Waals surface area contributed by atoms with E-state index >= 15 is 0 Å². The average molecular weight is 424 g/mol. The number of methoxy groups -OCH3 is 1. The second-order valence-electron chi connectivity index (χ2n) is 7.31. The Kier molecular flexibility index (Phi) is 6.32. The molecule has 1 aromatic carbocycles. The number of carbonyl (C=O) groups excluding carboxylic acids is 1. The third-order valence-corrected chi connectivity index (χ3v) is 6.23. The van der Waals surface area contributed by atoms with Crippen molar-refractivity contribution in [3.63, 3.8) is 0 Å². The minimum atomic E-state index is 0.148. The molecule has 156 valence electrons. The molecule has 0 saturated carbocycles. The van der Waals surface area contributed by atoms with E-state index in [9.17, 15) is 4.79 Å². The first-order valence-electron chi connectivity index (χ1n) is 10.1. The standard InChI is InChI=1S/C22H25N5O2S/c1-16-7-3-4-12-26(16)20(28)15-30-22-25-24-21(17-8-6-11-23-14-17)27(22)18-9-5-10-19(13-18)29-2/h5-6,8-11,13-14,16H,3-4,7,12,15H2,1-2H3/t16-/m1/s1. The molecule has 1 saturated heterocycles. The third-order valence-electron chi connectivity index (χ3n) is 5.31. The molecule has 4 rings (SSSR count). The van der Waals surface area contributed by atoms with Crippen molar-refractivity contribution < 1.29 is 9.53 Å². The van der Waals surface area contributed by atoms with Crippen molar-refractivity contribution in [1.82, 2.24) is 24.6 Å². The van der Waals surface area contributed by atoms with Gasteiger partial charge in [0.1, 0.15) is 5.75 Å². The van der Waals surface area contributed by atoms with E-state index in [2.05, 4.69) is 22.1 Å². The van der Waals surface area contributed by atoms with Crippen molar-refractivity contribution in [2.75, 3.05) is 19.4 Å².